The molecule has 0 saturated carbocycles. The maximum absolute atomic E-state index is 10.5. The first-order valence-corrected chi connectivity index (χ1v) is 14.5. The normalized spacial score (nSPS) is 15.4. The number of nitrogens with zero attached hydrogens (tertiary/aromatic N) is 3. The molecule has 2 heterocycles. The molecular weight excluding hydrogens is 524 g/mol. The van der Waals surface area contributed by atoms with Crippen molar-refractivity contribution in [2.24, 2.45) is 4.99 Å². The zero-order valence-electron chi connectivity index (χ0n) is 20.9. The number of piperazine rings is 1. The molecule has 1 fully saturated rings. The third kappa shape index (κ3) is 7.56. The molecule has 3 aromatic carbocycles. The highest BCUT2D eigenvalue weighted by atomic mass is 32.2. The Hall–Kier alpha value is -2.93. The summed E-state index contributed by atoms with van der Waals surface area (Å²) in [4.78, 5) is 12.2. The lowest BCUT2D eigenvalue weighted by molar-refractivity contribution is 0.0652. The molecule has 0 unspecified atom stereocenters. The highest BCUT2D eigenvalue weighted by Crippen LogP contribution is 2.40. The number of fused-ring (bicyclic) bond motifs is 2. The van der Waals surface area contributed by atoms with Gasteiger partial charge >= 0.3 is 0 Å². The van der Waals surface area contributed by atoms with Crippen molar-refractivity contribution in [3.8, 4) is 0 Å². The van der Waals surface area contributed by atoms with E-state index in [2.05, 4.69) is 58.3 Å². The van der Waals surface area contributed by atoms with Gasteiger partial charge in [-0.1, -0.05) is 42.1 Å². The van der Waals surface area contributed by atoms with Crippen LogP contribution in [-0.4, -0.2) is 86.3 Å². The maximum atomic E-state index is 10.5. The van der Waals surface area contributed by atoms with E-state index < -0.39 is 10.1 Å². The van der Waals surface area contributed by atoms with E-state index in [4.69, 9.17) is 25.1 Å². The van der Waals surface area contributed by atoms with Gasteiger partial charge in [0.15, 0.2) is 0 Å². The van der Waals surface area contributed by atoms with Gasteiger partial charge in [-0.25, -0.2) is 4.99 Å². The van der Waals surface area contributed by atoms with Crippen molar-refractivity contribution in [2.45, 2.75) is 14.7 Å². The highest BCUT2D eigenvalue weighted by molar-refractivity contribution is 7.99. The van der Waals surface area contributed by atoms with E-state index in [0.717, 1.165) is 44.2 Å². The third-order valence-electron chi connectivity index (χ3n) is 6.08. The van der Waals surface area contributed by atoms with Crippen molar-refractivity contribution < 1.29 is 22.8 Å². The van der Waals surface area contributed by atoms with Crippen LogP contribution in [0.4, 0.5) is 11.4 Å². The second kappa shape index (κ2) is 13.2. The van der Waals surface area contributed by atoms with E-state index in [1.807, 2.05) is 0 Å². The highest BCUT2D eigenvalue weighted by Gasteiger charge is 2.25. The zero-order chi connectivity index (χ0) is 27.0. The van der Waals surface area contributed by atoms with Crippen molar-refractivity contribution in [3.63, 3.8) is 0 Å². The van der Waals surface area contributed by atoms with Crippen molar-refractivity contribution in [2.75, 3.05) is 58.3 Å². The number of nitrogens with two attached hydrogens (primary N) is 1. The number of ether oxygens (including phenoxy) is 1. The number of anilines is 1. The predicted molar refractivity (Wildman–Crippen MR) is 150 cm³/mol. The van der Waals surface area contributed by atoms with Crippen LogP contribution in [0.25, 0.3) is 0 Å². The van der Waals surface area contributed by atoms with Crippen molar-refractivity contribution in [3.05, 3.63) is 78.4 Å². The van der Waals surface area contributed by atoms with Gasteiger partial charge in [-0.2, -0.15) is 8.42 Å². The Balaban J connectivity index is 0.000000257. The summed E-state index contributed by atoms with van der Waals surface area (Å²) < 4.78 is 34.8. The topological polar surface area (TPSA) is 129 Å². The van der Waals surface area contributed by atoms with Crippen LogP contribution < -0.4 is 5.73 Å². The Bertz CT molecular complexity index is 1340. The molecule has 9 nitrogen and oxygen atoms in total. The number of amidine groups is 1. The van der Waals surface area contributed by atoms with E-state index in [1.54, 1.807) is 11.8 Å². The molecular formula is C27H32N4O5S2. The van der Waals surface area contributed by atoms with E-state index in [-0.39, 0.29) is 11.5 Å². The third-order valence-corrected chi connectivity index (χ3v) is 8.09. The molecule has 1 saturated heterocycles. The van der Waals surface area contributed by atoms with E-state index in [9.17, 15) is 8.42 Å². The average molecular weight is 557 g/mol. The Kier molecular flexibility index (Phi) is 9.78. The molecule has 0 aromatic heterocycles. The van der Waals surface area contributed by atoms with Gasteiger partial charge in [0.2, 0.25) is 0 Å². The number of nitrogen functional groups attached to an aromatic ring is 1. The van der Waals surface area contributed by atoms with Crippen LogP contribution in [-0.2, 0) is 14.9 Å². The van der Waals surface area contributed by atoms with Gasteiger partial charge in [0.05, 0.1) is 30.4 Å². The summed E-state index contributed by atoms with van der Waals surface area (Å²) in [6, 6.07) is 22.2. The Morgan fingerprint density at radius 3 is 2.24 bits per heavy atom. The molecule has 3 aromatic rings. The number of hydrogen-bond donors (Lipinski definition) is 3. The van der Waals surface area contributed by atoms with Crippen LogP contribution in [0.15, 0.2) is 92.5 Å². The Morgan fingerprint density at radius 1 is 0.895 bits per heavy atom. The van der Waals surface area contributed by atoms with Crippen molar-refractivity contribution in [1.82, 2.24) is 9.80 Å². The molecule has 0 amide bonds. The van der Waals surface area contributed by atoms with Gasteiger partial charge in [0, 0.05) is 53.8 Å². The summed E-state index contributed by atoms with van der Waals surface area (Å²) in [5.41, 5.74) is 8.02. The summed E-state index contributed by atoms with van der Waals surface area (Å²) in [5.74, 6) is 1.08. The van der Waals surface area contributed by atoms with Crippen LogP contribution in [0.2, 0.25) is 0 Å². The molecule has 0 atom stereocenters. The van der Waals surface area contributed by atoms with Gasteiger partial charge in [-0.05, 0) is 42.5 Å². The minimum absolute atomic E-state index is 0.0898. The van der Waals surface area contributed by atoms with Gasteiger partial charge in [-0.3, -0.25) is 9.45 Å². The summed E-state index contributed by atoms with van der Waals surface area (Å²) in [6.07, 6.45) is 0. The van der Waals surface area contributed by atoms with Crippen molar-refractivity contribution in [1.29, 1.82) is 0 Å². The first-order valence-electron chi connectivity index (χ1n) is 12.3. The van der Waals surface area contributed by atoms with Gasteiger partial charge in [-0.15, -0.1) is 0 Å². The first-order chi connectivity index (χ1) is 18.3. The predicted octanol–water partition coefficient (Wildman–Crippen LogP) is 3.37. The first kappa shape index (κ1) is 28.1. The summed E-state index contributed by atoms with van der Waals surface area (Å²) in [6.45, 7) is 6.01. The zero-order valence-corrected chi connectivity index (χ0v) is 22.6. The molecule has 0 bridgehead atoms. The largest absolute Gasteiger partial charge is 0.399 e. The monoisotopic (exact) mass is 556 g/mol. The fourth-order valence-corrected chi connectivity index (χ4v) is 5.59. The second-order valence-electron chi connectivity index (χ2n) is 8.71. The van der Waals surface area contributed by atoms with Gasteiger partial charge in [0.1, 0.15) is 5.84 Å². The number of rotatable bonds is 6. The number of aliphatic hydroxyl groups is 1. The van der Waals surface area contributed by atoms with Gasteiger partial charge in [0.25, 0.3) is 10.1 Å². The molecule has 5 rings (SSSR count). The fraction of sp³-hybridized carbons (Fsp3) is 0.296. The molecule has 4 N–H and O–H groups in total. The molecule has 0 spiro atoms. The minimum atomic E-state index is -4.08. The van der Waals surface area contributed by atoms with Gasteiger partial charge < -0.3 is 20.5 Å². The molecule has 38 heavy (non-hydrogen) atoms. The van der Waals surface area contributed by atoms with Crippen LogP contribution in [0.3, 0.4) is 0 Å². The average Bonchev–Trinajstić information content (AvgIpc) is 3.08. The second-order valence-corrected chi connectivity index (χ2v) is 11.2. The maximum Gasteiger partial charge on any atom is 0.294 e. The fourth-order valence-electron chi connectivity index (χ4n) is 4.09. The smallest absolute Gasteiger partial charge is 0.294 e. The van der Waals surface area contributed by atoms with E-state index in [1.165, 1.54) is 39.6 Å². The van der Waals surface area contributed by atoms with Crippen LogP contribution in [0.1, 0.15) is 5.56 Å². The quantitative estimate of drug-likeness (QED) is 0.238. The van der Waals surface area contributed by atoms with Crippen LogP contribution >= 0.6 is 11.8 Å². The van der Waals surface area contributed by atoms with Crippen LogP contribution in [0, 0.1) is 0 Å². The lowest BCUT2D eigenvalue weighted by Gasteiger charge is -2.36. The van der Waals surface area contributed by atoms with Crippen LogP contribution in [0.5, 0.6) is 0 Å². The Morgan fingerprint density at radius 2 is 1.55 bits per heavy atom. The minimum Gasteiger partial charge on any atom is -0.399 e. The molecule has 2 aliphatic heterocycles. The molecule has 0 aliphatic carbocycles. The van der Waals surface area contributed by atoms with E-state index >= 15 is 0 Å². The SMILES string of the molecule is Nc1ccc(S(=O)(=O)O)cc1.OCCOCCN1CCN(C2=Nc3ccccc3Sc3ccccc32)CC1. The molecule has 2 aliphatic rings. The summed E-state index contributed by atoms with van der Waals surface area (Å²) in [7, 11) is -4.08. The molecule has 202 valence electrons. The Labute approximate surface area is 227 Å². The van der Waals surface area contributed by atoms with Crippen molar-refractivity contribution >= 4 is 39.1 Å². The number of hydrogen-bond acceptors (Lipinski definition) is 9. The lowest BCUT2D eigenvalue weighted by Crippen LogP contribution is -2.49. The molecule has 0 radical (unpaired) electrons. The molecule has 11 heteroatoms. The lowest BCUT2D eigenvalue weighted by atomic mass is 10.1. The number of benzene rings is 3. The standard InChI is InChI=1S/C21H25N3O2S.C6H7NO3S/c25-14-16-26-15-13-23-9-11-24(12-10-23)21-17-5-1-3-7-19(17)27-20-8-4-2-6-18(20)22-21;7-5-1-3-6(4-2-5)11(8,9)10/h1-8,25H,9-16H2;1-4H,7H2,(H,8,9,10). The van der Waals surface area contributed by atoms with E-state index in [0.29, 0.717) is 18.9 Å². The summed E-state index contributed by atoms with van der Waals surface area (Å²) in [5, 5.41) is 8.79. The number of aliphatic imine (C=N–C) groups is 1. The number of para-hydroxylation sites is 1. The number of aliphatic hydroxyl groups excluding tert-OH is 1. The summed E-state index contributed by atoms with van der Waals surface area (Å²) >= 11 is 1.80.